The SMILES string of the molecule is [B]n1nc2c3c(c(C)ccc31)Sc1sccc1-2. The number of aromatic nitrogens is 2. The molecule has 3 heterocycles. The Kier molecular flexibility index (Phi) is 1.83. The van der Waals surface area contributed by atoms with Gasteiger partial charge in [0.25, 0.3) is 7.98 Å². The van der Waals surface area contributed by atoms with Gasteiger partial charge in [0, 0.05) is 15.8 Å². The monoisotopic (exact) mass is 254 g/mol. The average molecular weight is 254 g/mol. The summed E-state index contributed by atoms with van der Waals surface area (Å²) in [6, 6.07) is 6.28. The molecular weight excluding hydrogens is 247 g/mol. The van der Waals surface area contributed by atoms with Crippen LogP contribution in [0, 0.1) is 6.92 Å². The van der Waals surface area contributed by atoms with Gasteiger partial charge in [-0.2, -0.15) is 5.10 Å². The largest absolute Gasteiger partial charge is 0.323 e. The molecule has 0 spiro atoms. The van der Waals surface area contributed by atoms with E-state index in [1.54, 1.807) is 11.3 Å². The molecule has 2 nitrogen and oxygen atoms in total. The number of aryl methyl sites for hydroxylation is 1. The third kappa shape index (κ3) is 1.16. The van der Waals surface area contributed by atoms with E-state index in [1.807, 2.05) is 17.8 Å². The van der Waals surface area contributed by atoms with Crippen LogP contribution >= 0.6 is 23.1 Å². The number of nitrogens with zero attached hydrogens (tertiary/aromatic N) is 2. The van der Waals surface area contributed by atoms with Gasteiger partial charge in [0.15, 0.2) is 0 Å². The molecule has 3 aromatic rings. The molecule has 2 radical (unpaired) electrons. The van der Waals surface area contributed by atoms with Crippen molar-refractivity contribution in [2.24, 2.45) is 0 Å². The van der Waals surface area contributed by atoms with E-state index in [9.17, 15) is 0 Å². The molecule has 17 heavy (non-hydrogen) atoms. The molecule has 0 unspecified atom stereocenters. The van der Waals surface area contributed by atoms with Gasteiger partial charge in [0.2, 0.25) is 0 Å². The molecular formula is C12H7BN2S2. The normalized spacial score (nSPS) is 13.0. The summed E-state index contributed by atoms with van der Waals surface area (Å²) in [5, 5.41) is 7.77. The predicted molar refractivity (Wildman–Crippen MR) is 73.1 cm³/mol. The van der Waals surface area contributed by atoms with Gasteiger partial charge < -0.3 is 4.59 Å². The van der Waals surface area contributed by atoms with Crippen molar-refractivity contribution in [2.75, 3.05) is 0 Å². The van der Waals surface area contributed by atoms with Crippen LogP contribution in [-0.2, 0) is 0 Å². The number of rotatable bonds is 0. The van der Waals surface area contributed by atoms with Crippen LogP contribution in [0.5, 0.6) is 0 Å². The summed E-state index contributed by atoms with van der Waals surface area (Å²) >= 11 is 3.60. The Morgan fingerprint density at radius 2 is 2.18 bits per heavy atom. The number of hydrogen-bond acceptors (Lipinski definition) is 3. The summed E-state index contributed by atoms with van der Waals surface area (Å²) in [6.45, 7) is 2.14. The first kappa shape index (κ1) is 9.80. The van der Waals surface area contributed by atoms with Crippen LogP contribution in [0.2, 0.25) is 0 Å². The van der Waals surface area contributed by atoms with Crippen LogP contribution in [0.1, 0.15) is 5.56 Å². The first-order valence-corrected chi connectivity index (χ1v) is 6.98. The molecule has 0 bridgehead atoms. The fraction of sp³-hybridized carbons (Fsp3) is 0.0833. The third-order valence-corrected chi connectivity index (χ3v) is 5.48. The second-order valence-corrected chi connectivity index (χ2v) is 6.32. The van der Waals surface area contributed by atoms with Crippen molar-refractivity contribution < 1.29 is 0 Å². The van der Waals surface area contributed by atoms with Crippen LogP contribution in [-0.4, -0.2) is 17.7 Å². The molecule has 0 atom stereocenters. The second-order valence-electron chi connectivity index (χ2n) is 4.12. The zero-order valence-electron chi connectivity index (χ0n) is 9.10. The molecule has 4 rings (SSSR count). The summed E-state index contributed by atoms with van der Waals surface area (Å²) in [4.78, 5) is 1.30. The second kappa shape index (κ2) is 3.18. The van der Waals surface area contributed by atoms with Gasteiger partial charge in [-0.25, -0.2) is 0 Å². The van der Waals surface area contributed by atoms with Gasteiger partial charge in [0.05, 0.1) is 9.73 Å². The highest BCUT2D eigenvalue weighted by Crippen LogP contribution is 2.50. The van der Waals surface area contributed by atoms with Crippen molar-refractivity contribution in [1.82, 2.24) is 9.69 Å². The van der Waals surface area contributed by atoms with E-state index < -0.39 is 0 Å². The summed E-state index contributed by atoms with van der Waals surface area (Å²) in [5.74, 6) is 0. The number of hydrogen-bond donors (Lipinski definition) is 0. The first-order chi connectivity index (χ1) is 8.25. The van der Waals surface area contributed by atoms with Crippen LogP contribution in [0.15, 0.2) is 32.7 Å². The van der Waals surface area contributed by atoms with Crippen molar-refractivity contribution in [3.63, 3.8) is 0 Å². The Balaban J connectivity index is 2.26. The zero-order chi connectivity index (χ0) is 11.6. The topological polar surface area (TPSA) is 17.8 Å². The van der Waals surface area contributed by atoms with E-state index in [-0.39, 0.29) is 0 Å². The molecule has 0 saturated carbocycles. The van der Waals surface area contributed by atoms with Crippen molar-refractivity contribution in [3.8, 4) is 11.3 Å². The molecule has 1 aromatic carbocycles. The van der Waals surface area contributed by atoms with E-state index >= 15 is 0 Å². The molecule has 1 aliphatic rings. The van der Waals surface area contributed by atoms with E-state index in [0.717, 1.165) is 11.2 Å². The van der Waals surface area contributed by atoms with Gasteiger partial charge in [-0.1, -0.05) is 17.8 Å². The standard InChI is InChI=1S/C12H7BN2S2/c1-6-2-3-8-9-10(14-15(8)13)7-4-5-16-12(7)17-11(6)9/h2-5H,1H3. The minimum absolute atomic E-state index is 1.00. The molecule has 0 saturated heterocycles. The highest BCUT2D eigenvalue weighted by Gasteiger charge is 2.24. The average Bonchev–Trinajstić information content (AvgIpc) is 2.88. The van der Waals surface area contributed by atoms with Gasteiger partial charge in [-0.05, 0) is 30.0 Å². The highest BCUT2D eigenvalue weighted by atomic mass is 32.2. The summed E-state index contributed by atoms with van der Waals surface area (Å²) in [5.41, 5.74) is 4.53. The fourth-order valence-corrected chi connectivity index (χ4v) is 4.49. The Hall–Kier alpha value is -1.20. The summed E-state index contributed by atoms with van der Waals surface area (Å²) < 4.78 is 2.80. The van der Waals surface area contributed by atoms with Gasteiger partial charge in [-0.15, -0.1) is 11.3 Å². The first-order valence-electron chi connectivity index (χ1n) is 5.29. The Morgan fingerprint density at radius 3 is 3.06 bits per heavy atom. The number of benzene rings is 1. The predicted octanol–water partition coefficient (Wildman–Crippen LogP) is 3.47. The van der Waals surface area contributed by atoms with Crippen LogP contribution < -0.4 is 0 Å². The Labute approximate surface area is 108 Å². The van der Waals surface area contributed by atoms with Crippen molar-refractivity contribution in [1.29, 1.82) is 0 Å². The number of thiophene rings is 1. The molecule has 0 fully saturated rings. The lowest BCUT2D eigenvalue weighted by Gasteiger charge is -2.13. The van der Waals surface area contributed by atoms with Crippen LogP contribution in [0.3, 0.4) is 0 Å². The lowest BCUT2D eigenvalue weighted by atomic mass is 10.1. The maximum atomic E-state index is 5.92. The number of fused-ring (bicyclic) bond motifs is 2. The van der Waals surface area contributed by atoms with Crippen LogP contribution in [0.25, 0.3) is 22.2 Å². The molecule has 1 aliphatic heterocycles. The molecule has 0 N–H and O–H groups in total. The fourth-order valence-electron chi connectivity index (χ4n) is 2.27. The van der Waals surface area contributed by atoms with E-state index in [1.165, 1.54) is 30.2 Å². The minimum atomic E-state index is 1.00. The molecule has 0 aliphatic carbocycles. The van der Waals surface area contributed by atoms with Crippen LogP contribution in [0.4, 0.5) is 0 Å². The van der Waals surface area contributed by atoms with E-state index in [2.05, 4.69) is 29.5 Å². The summed E-state index contributed by atoms with van der Waals surface area (Å²) in [6.07, 6.45) is 0. The Bertz CT molecular complexity index is 757. The maximum absolute atomic E-state index is 5.92. The molecule has 0 amide bonds. The zero-order valence-corrected chi connectivity index (χ0v) is 10.7. The lowest BCUT2D eigenvalue weighted by molar-refractivity contribution is 1.03. The molecule has 5 heteroatoms. The van der Waals surface area contributed by atoms with Gasteiger partial charge >= 0.3 is 0 Å². The molecule has 2 aromatic heterocycles. The van der Waals surface area contributed by atoms with E-state index in [4.69, 9.17) is 7.98 Å². The molecule has 80 valence electrons. The van der Waals surface area contributed by atoms with Crippen molar-refractivity contribution >= 4 is 42.0 Å². The third-order valence-electron chi connectivity index (χ3n) is 3.10. The minimum Gasteiger partial charge on any atom is -0.323 e. The maximum Gasteiger partial charge on any atom is 0.265 e. The van der Waals surface area contributed by atoms with E-state index in [0.29, 0.717) is 0 Å². The Morgan fingerprint density at radius 1 is 1.29 bits per heavy atom. The van der Waals surface area contributed by atoms with Crippen molar-refractivity contribution in [3.05, 3.63) is 29.1 Å². The quantitative estimate of drug-likeness (QED) is 0.447. The lowest BCUT2D eigenvalue weighted by Crippen LogP contribution is -1.92. The highest BCUT2D eigenvalue weighted by molar-refractivity contribution is 8.01. The van der Waals surface area contributed by atoms with Gasteiger partial charge in [-0.3, -0.25) is 0 Å². The van der Waals surface area contributed by atoms with Gasteiger partial charge in [0.1, 0.15) is 5.69 Å². The smallest absolute Gasteiger partial charge is 0.265 e. The summed E-state index contributed by atoms with van der Waals surface area (Å²) in [7, 11) is 5.92. The van der Waals surface area contributed by atoms with Crippen molar-refractivity contribution in [2.45, 2.75) is 16.0 Å².